The molecular weight excluding hydrogens is 480 g/mol. The third-order valence-electron chi connectivity index (χ3n) is 5.18. The molecule has 3 aromatic rings. The van der Waals surface area contributed by atoms with Crippen LogP contribution in [-0.4, -0.2) is 33.7 Å². The Hall–Kier alpha value is -3.23. The van der Waals surface area contributed by atoms with Gasteiger partial charge < -0.3 is 5.32 Å². The molecule has 4 rings (SSSR count). The van der Waals surface area contributed by atoms with Gasteiger partial charge >= 0.3 is 0 Å². The molecule has 0 aliphatic carbocycles. The molecule has 1 atom stereocenters. The first-order valence-electron chi connectivity index (χ1n) is 10.5. The minimum absolute atomic E-state index is 0.0549. The number of nitrogens with one attached hydrogen (secondary N) is 1. The summed E-state index contributed by atoms with van der Waals surface area (Å²) in [4.78, 5) is 31.9. The smallest absolute Gasteiger partial charge is 0.238 e. The molecule has 174 valence electrons. The number of amides is 2. The van der Waals surface area contributed by atoms with Crippen LogP contribution in [0.5, 0.6) is 0 Å². The van der Waals surface area contributed by atoms with Crippen molar-refractivity contribution >= 4 is 51.7 Å². The summed E-state index contributed by atoms with van der Waals surface area (Å²) in [6.07, 6.45) is 0.221. The molecule has 1 fully saturated rings. The molecule has 1 N–H and O–H groups in total. The summed E-state index contributed by atoms with van der Waals surface area (Å²) in [5, 5.41) is 2.69. The summed E-state index contributed by atoms with van der Waals surface area (Å²) >= 11 is 7.27. The fourth-order valence-electron chi connectivity index (χ4n) is 3.40. The monoisotopic (exact) mass is 499 g/mol. The van der Waals surface area contributed by atoms with Crippen molar-refractivity contribution in [3.63, 3.8) is 0 Å². The molecule has 0 radical (unpaired) electrons. The lowest BCUT2D eigenvalue weighted by molar-refractivity contribution is -0.129. The highest BCUT2D eigenvalue weighted by molar-refractivity contribution is 8.15. The van der Waals surface area contributed by atoms with Crippen LogP contribution in [0.1, 0.15) is 12.0 Å². The van der Waals surface area contributed by atoms with Crippen molar-refractivity contribution in [3.05, 3.63) is 95.0 Å². The maximum Gasteiger partial charge on any atom is 0.238 e. The molecule has 3 aromatic carbocycles. The first-order valence-corrected chi connectivity index (χ1v) is 11.8. The topological polar surface area (TPSA) is 61.8 Å². The largest absolute Gasteiger partial charge is 0.324 e. The number of amidine groups is 1. The van der Waals surface area contributed by atoms with E-state index in [2.05, 4.69) is 10.3 Å². The Bertz CT molecular complexity index is 1240. The van der Waals surface area contributed by atoms with Gasteiger partial charge in [0.1, 0.15) is 16.9 Å². The lowest BCUT2D eigenvalue weighted by Crippen LogP contribution is -2.46. The Kier molecular flexibility index (Phi) is 7.59. The van der Waals surface area contributed by atoms with E-state index in [0.29, 0.717) is 27.1 Å². The maximum atomic E-state index is 14.1. The van der Waals surface area contributed by atoms with Crippen LogP contribution in [0.2, 0.25) is 5.02 Å². The van der Waals surface area contributed by atoms with Crippen LogP contribution in [0, 0.1) is 11.6 Å². The number of hydrogen-bond donors (Lipinski definition) is 1. The summed E-state index contributed by atoms with van der Waals surface area (Å²) in [7, 11) is 0. The van der Waals surface area contributed by atoms with Crippen LogP contribution in [-0.2, 0) is 16.0 Å². The second-order valence-corrected chi connectivity index (χ2v) is 9.11. The number of carbonyl (C=O) groups excluding carboxylic acids is 2. The average molecular weight is 500 g/mol. The zero-order chi connectivity index (χ0) is 24.1. The predicted molar refractivity (Wildman–Crippen MR) is 131 cm³/mol. The highest BCUT2D eigenvalue weighted by Gasteiger charge is 2.36. The van der Waals surface area contributed by atoms with Crippen LogP contribution >= 0.6 is 23.4 Å². The number of nitrogens with zero attached hydrogens (tertiary/aromatic N) is 2. The van der Waals surface area contributed by atoms with Crippen molar-refractivity contribution in [2.45, 2.75) is 18.1 Å². The Morgan fingerprint density at radius 2 is 1.76 bits per heavy atom. The zero-order valence-corrected chi connectivity index (χ0v) is 19.5. The molecule has 0 unspecified atom stereocenters. The van der Waals surface area contributed by atoms with Gasteiger partial charge in [0.15, 0.2) is 5.17 Å². The molecule has 0 aromatic heterocycles. The Morgan fingerprint density at radius 1 is 1.06 bits per heavy atom. The standard InChI is InChI=1S/C25H20ClF2N3O2S/c26-19-6-2-4-8-21(19)30-24(33)22-15-23(32)31(14-13-16-5-1-3-7-20(16)28)25(34-22)29-18-11-9-17(27)10-12-18/h1-12,22H,13-15H2,(H,30,33)/t22-/m1/s1. The van der Waals surface area contributed by atoms with Gasteiger partial charge in [0, 0.05) is 13.0 Å². The highest BCUT2D eigenvalue weighted by Crippen LogP contribution is 2.31. The third kappa shape index (κ3) is 5.81. The van der Waals surface area contributed by atoms with Gasteiger partial charge in [-0.2, -0.15) is 0 Å². The van der Waals surface area contributed by atoms with Crippen LogP contribution in [0.25, 0.3) is 0 Å². The second kappa shape index (κ2) is 10.8. The fraction of sp³-hybridized carbons (Fsp3) is 0.160. The summed E-state index contributed by atoms with van der Waals surface area (Å²) < 4.78 is 27.4. The zero-order valence-electron chi connectivity index (χ0n) is 17.9. The molecule has 0 spiro atoms. The van der Waals surface area contributed by atoms with Gasteiger partial charge in [-0.3, -0.25) is 14.5 Å². The van der Waals surface area contributed by atoms with E-state index in [1.54, 1.807) is 42.5 Å². The van der Waals surface area contributed by atoms with Gasteiger partial charge in [-0.05, 0) is 54.4 Å². The maximum absolute atomic E-state index is 14.1. The van der Waals surface area contributed by atoms with E-state index in [-0.39, 0.29) is 37.0 Å². The van der Waals surface area contributed by atoms with Crippen molar-refractivity contribution in [1.82, 2.24) is 4.90 Å². The van der Waals surface area contributed by atoms with Gasteiger partial charge in [-0.25, -0.2) is 13.8 Å². The molecule has 0 bridgehead atoms. The Morgan fingerprint density at radius 3 is 2.50 bits per heavy atom. The molecule has 2 amide bonds. The SMILES string of the molecule is O=C(Nc1ccccc1Cl)[C@H]1CC(=O)N(CCc2ccccc2F)C(=Nc2ccc(F)cc2)S1. The summed E-state index contributed by atoms with van der Waals surface area (Å²) in [6, 6.07) is 18.7. The minimum Gasteiger partial charge on any atom is -0.324 e. The van der Waals surface area contributed by atoms with Crippen molar-refractivity contribution < 1.29 is 18.4 Å². The van der Waals surface area contributed by atoms with Gasteiger partial charge in [0.2, 0.25) is 11.8 Å². The molecular formula is C25H20ClF2N3O2S. The number of halogens is 3. The summed E-state index contributed by atoms with van der Waals surface area (Å²) in [5.41, 5.74) is 1.35. The lowest BCUT2D eigenvalue weighted by Gasteiger charge is -2.32. The van der Waals surface area contributed by atoms with E-state index in [4.69, 9.17) is 11.6 Å². The van der Waals surface area contributed by atoms with Crippen LogP contribution in [0.3, 0.4) is 0 Å². The average Bonchev–Trinajstić information content (AvgIpc) is 2.82. The number of para-hydroxylation sites is 1. The fourth-order valence-corrected chi connectivity index (χ4v) is 4.70. The van der Waals surface area contributed by atoms with Crippen LogP contribution in [0.4, 0.5) is 20.2 Å². The number of rotatable bonds is 6. The molecule has 1 aliphatic rings. The van der Waals surface area contributed by atoms with Gasteiger partial charge in [-0.1, -0.05) is 53.7 Å². The number of aliphatic imine (C=N–C) groups is 1. The molecule has 1 heterocycles. The van der Waals surface area contributed by atoms with Crippen molar-refractivity contribution in [2.24, 2.45) is 4.99 Å². The van der Waals surface area contributed by atoms with E-state index in [1.807, 2.05) is 0 Å². The normalized spacial score (nSPS) is 17.1. The molecule has 0 saturated carbocycles. The first kappa shape index (κ1) is 23.9. The third-order valence-corrected chi connectivity index (χ3v) is 6.70. The lowest BCUT2D eigenvalue weighted by atomic mass is 10.1. The molecule has 34 heavy (non-hydrogen) atoms. The number of thioether (sulfide) groups is 1. The molecule has 5 nitrogen and oxygen atoms in total. The summed E-state index contributed by atoms with van der Waals surface area (Å²) in [6.45, 7) is 0.186. The number of benzene rings is 3. The number of anilines is 1. The number of carbonyl (C=O) groups is 2. The Labute approximate surface area is 204 Å². The predicted octanol–water partition coefficient (Wildman–Crippen LogP) is 5.82. The van der Waals surface area contributed by atoms with Gasteiger partial charge in [0.05, 0.1) is 16.4 Å². The van der Waals surface area contributed by atoms with E-state index in [9.17, 15) is 18.4 Å². The second-order valence-electron chi connectivity index (χ2n) is 7.54. The summed E-state index contributed by atoms with van der Waals surface area (Å²) in [5.74, 6) is -1.46. The van der Waals surface area contributed by atoms with Crippen molar-refractivity contribution in [2.75, 3.05) is 11.9 Å². The van der Waals surface area contributed by atoms with Gasteiger partial charge in [-0.15, -0.1) is 0 Å². The molecule has 9 heteroatoms. The van der Waals surface area contributed by atoms with E-state index < -0.39 is 11.1 Å². The van der Waals surface area contributed by atoms with Crippen LogP contribution < -0.4 is 5.32 Å². The van der Waals surface area contributed by atoms with E-state index in [0.717, 1.165) is 11.8 Å². The van der Waals surface area contributed by atoms with Crippen LogP contribution in [0.15, 0.2) is 77.8 Å². The molecule has 1 saturated heterocycles. The van der Waals surface area contributed by atoms with E-state index >= 15 is 0 Å². The number of hydrogen-bond acceptors (Lipinski definition) is 4. The minimum atomic E-state index is -0.743. The molecule has 1 aliphatic heterocycles. The first-order chi connectivity index (χ1) is 16.4. The van der Waals surface area contributed by atoms with Gasteiger partial charge in [0.25, 0.3) is 0 Å². The quantitative estimate of drug-likeness (QED) is 0.465. The van der Waals surface area contributed by atoms with E-state index in [1.165, 1.54) is 35.2 Å². The Balaban J connectivity index is 1.57. The van der Waals surface area contributed by atoms with Crippen molar-refractivity contribution in [3.8, 4) is 0 Å². The van der Waals surface area contributed by atoms with Crippen molar-refractivity contribution in [1.29, 1.82) is 0 Å². The highest BCUT2D eigenvalue weighted by atomic mass is 35.5.